The second kappa shape index (κ2) is 6.17. The molecule has 0 aliphatic carbocycles. The van der Waals surface area contributed by atoms with E-state index >= 15 is 0 Å². The van der Waals surface area contributed by atoms with Crippen LogP contribution in [0.1, 0.15) is 6.92 Å². The number of likely N-dealkylation sites (N-methyl/N-ethyl adjacent to an activating group) is 1. The fourth-order valence-corrected chi connectivity index (χ4v) is 3.45. The molecular formula is C11H15Cl2N3O3S. The van der Waals surface area contributed by atoms with Gasteiger partial charge in [-0.25, -0.2) is 8.42 Å². The van der Waals surface area contributed by atoms with Gasteiger partial charge in [-0.2, -0.15) is 4.72 Å². The van der Waals surface area contributed by atoms with Crippen LogP contribution in [0.25, 0.3) is 0 Å². The van der Waals surface area contributed by atoms with Crippen molar-refractivity contribution in [1.82, 2.24) is 9.62 Å². The Hall–Kier alpha value is -1.02. The number of anilines is 1. The number of hydrogen-bond donors (Lipinski definition) is 2. The fraction of sp³-hybridized carbons (Fsp3) is 0.364. The molecule has 0 saturated heterocycles. The second-order valence-corrected chi connectivity index (χ2v) is 6.82. The topological polar surface area (TPSA) is 92.5 Å². The molecular weight excluding hydrogens is 325 g/mol. The summed E-state index contributed by atoms with van der Waals surface area (Å²) >= 11 is 11.6. The number of nitrogen functional groups attached to an aromatic ring is 1. The van der Waals surface area contributed by atoms with E-state index in [-0.39, 0.29) is 26.5 Å². The first-order chi connectivity index (χ1) is 9.08. The molecule has 6 nitrogen and oxygen atoms in total. The standard InChI is InChI=1S/C11H15Cl2N3O3S/c1-6(11(17)16(2)3)15-20(18,19)8-5-4-7(12)10(14)9(8)13/h4-6,15H,14H2,1-3H3. The van der Waals surface area contributed by atoms with E-state index in [0.717, 1.165) is 0 Å². The third kappa shape index (κ3) is 3.54. The van der Waals surface area contributed by atoms with Crippen LogP contribution in [0, 0.1) is 0 Å². The van der Waals surface area contributed by atoms with Crippen LogP contribution in [-0.2, 0) is 14.8 Å². The maximum Gasteiger partial charge on any atom is 0.242 e. The zero-order valence-corrected chi connectivity index (χ0v) is 13.5. The van der Waals surface area contributed by atoms with Crippen molar-refractivity contribution >= 4 is 44.8 Å². The van der Waals surface area contributed by atoms with Gasteiger partial charge in [0, 0.05) is 14.1 Å². The number of carbonyl (C=O) groups is 1. The van der Waals surface area contributed by atoms with Crippen molar-refractivity contribution in [2.45, 2.75) is 17.9 Å². The Bertz CT molecular complexity index is 632. The number of carbonyl (C=O) groups excluding carboxylic acids is 1. The Kier molecular flexibility index (Phi) is 5.26. The molecule has 1 amide bonds. The fourth-order valence-electron chi connectivity index (χ4n) is 1.49. The summed E-state index contributed by atoms with van der Waals surface area (Å²) in [5.74, 6) is -0.383. The number of benzene rings is 1. The first kappa shape index (κ1) is 17.0. The largest absolute Gasteiger partial charge is 0.396 e. The molecule has 0 saturated carbocycles. The van der Waals surface area contributed by atoms with Crippen LogP contribution in [-0.4, -0.2) is 39.4 Å². The average molecular weight is 340 g/mol. The summed E-state index contributed by atoms with van der Waals surface area (Å²) in [6, 6.07) is 1.63. The van der Waals surface area contributed by atoms with Crippen molar-refractivity contribution in [2.75, 3.05) is 19.8 Å². The van der Waals surface area contributed by atoms with Crippen molar-refractivity contribution in [3.8, 4) is 0 Å². The minimum atomic E-state index is -3.98. The quantitative estimate of drug-likeness (QED) is 0.809. The van der Waals surface area contributed by atoms with E-state index in [1.165, 1.54) is 38.1 Å². The lowest BCUT2D eigenvalue weighted by Gasteiger charge is -2.18. The highest BCUT2D eigenvalue weighted by Gasteiger charge is 2.26. The van der Waals surface area contributed by atoms with Crippen molar-refractivity contribution in [3.05, 3.63) is 22.2 Å². The minimum Gasteiger partial charge on any atom is -0.396 e. The van der Waals surface area contributed by atoms with Crippen LogP contribution in [0.2, 0.25) is 10.0 Å². The molecule has 1 rings (SSSR count). The van der Waals surface area contributed by atoms with E-state index in [1.54, 1.807) is 0 Å². The third-order valence-electron chi connectivity index (χ3n) is 2.52. The normalized spacial score (nSPS) is 13.1. The Labute approximate surface area is 127 Å². The molecule has 9 heteroatoms. The molecule has 0 radical (unpaired) electrons. The van der Waals surface area contributed by atoms with Crippen LogP contribution >= 0.6 is 23.2 Å². The first-order valence-corrected chi connectivity index (χ1v) is 7.78. The maximum atomic E-state index is 12.2. The highest BCUT2D eigenvalue weighted by molar-refractivity contribution is 7.89. The van der Waals surface area contributed by atoms with Gasteiger partial charge in [0.1, 0.15) is 4.90 Å². The zero-order chi connectivity index (χ0) is 15.7. The van der Waals surface area contributed by atoms with Gasteiger partial charge < -0.3 is 10.6 Å². The Balaban J connectivity index is 3.13. The molecule has 0 bridgehead atoms. The minimum absolute atomic E-state index is 0.0252. The molecule has 112 valence electrons. The number of halogens is 2. The summed E-state index contributed by atoms with van der Waals surface area (Å²) in [6.45, 7) is 1.44. The second-order valence-electron chi connectivity index (χ2n) is 4.35. The highest BCUT2D eigenvalue weighted by Crippen LogP contribution is 2.33. The number of hydrogen-bond acceptors (Lipinski definition) is 4. The van der Waals surface area contributed by atoms with Crippen LogP contribution in [0.15, 0.2) is 17.0 Å². The first-order valence-electron chi connectivity index (χ1n) is 5.55. The third-order valence-corrected chi connectivity index (χ3v) is 4.96. The lowest BCUT2D eigenvalue weighted by Crippen LogP contribution is -2.44. The number of nitrogens with two attached hydrogens (primary N) is 1. The summed E-state index contributed by atoms with van der Waals surface area (Å²) in [6.07, 6.45) is 0. The smallest absolute Gasteiger partial charge is 0.242 e. The van der Waals surface area contributed by atoms with Gasteiger partial charge >= 0.3 is 0 Å². The van der Waals surface area contributed by atoms with Crippen LogP contribution < -0.4 is 10.5 Å². The van der Waals surface area contributed by atoms with Crippen molar-refractivity contribution in [3.63, 3.8) is 0 Å². The Morgan fingerprint density at radius 2 is 1.90 bits per heavy atom. The van der Waals surface area contributed by atoms with Gasteiger partial charge in [-0.1, -0.05) is 23.2 Å². The highest BCUT2D eigenvalue weighted by atomic mass is 35.5. The Morgan fingerprint density at radius 3 is 2.40 bits per heavy atom. The number of amides is 1. The molecule has 20 heavy (non-hydrogen) atoms. The number of rotatable bonds is 4. The lowest BCUT2D eigenvalue weighted by atomic mass is 10.3. The van der Waals surface area contributed by atoms with Crippen molar-refractivity contribution in [1.29, 1.82) is 0 Å². The summed E-state index contributed by atoms with van der Waals surface area (Å²) < 4.78 is 26.6. The lowest BCUT2D eigenvalue weighted by molar-refractivity contribution is -0.130. The molecule has 0 spiro atoms. The van der Waals surface area contributed by atoms with E-state index in [9.17, 15) is 13.2 Å². The van der Waals surface area contributed by atoms with Gasteiger partial charge in [0.2, 0.25) is 15.9 Å². The van der Waals surface area contributed by atoms with Crippen LogP contribution in [0.4, 0.5) is 5.69 Å². The van der Waals surface area contributed by atoms with Crippen molar-refractivity contribution in [2.24, 2.45) is 0 Å². The summed E-state index contributed by atoms with van der Waals surface area (Å²) in [5, 5.41) is -0.0131. The van der Waals surface area contributed by atoms with E-state index in [4.69, 9.17) is 28.9 Å². The predicted octanol–water partition coefficient (Wildman–Crippen LogP) is 1.33. The Morgan fingerprint density at radius 1 is 1.35 bits per heavy atom. The molecule has 1 aromatic rings. The molecule has 0 aromatic heterocycles. The van der Waals surface area contributed by atoms with E-state index in [0.29, 0.717) is 0 Å². The van der Waals surface area contributed by atoms with E-state index in [1.807, 2.05) is 0 Å². The van der Waals surface area contributed by atoms with Gasteiger partial charge in [0.15, 0.2) is 0 Å². The van der Waals surface area contributed by atoms with E-state index < -0.39 is 16.1 Å². The molecule has 1 aromatic carbocycles. The monoisotopic (exact) mass is 339 g/mol. The molecule has 1 atom stereocenters. The molecule has 0 heterocycles. The number of sulfonamides is 1. The van der Waals surface area contributed by atoms with Crippen molar-refractivity contribution < 1.29 is 13.2 Å². The molecule has 0 fully saturated rings. The number of nitrogens with zero attached hydrogens (tertiary/aromatic N) is 1. The molecule has 0 aliphatic rings. The zero-order valence-electron chi connectivity index (χ0n) is 11.1. The summed E-state index contributed by atoms with van der Waals surface area (Å²) in [5.41, 5.74) is 5.56. The van der Waals surface area contributed by atoms with Gasteiger partial charge in [-0.3, -0.25) is 4.79 Å². The van der Waals surface area contributed by atoms with Gasteiger partial charge in [-0.05, 0) is 19.1 Å². The van der Waals surface area contributed by atoms with Gasteiger partial charge in [0.25, 0.3) is 0 Å². The van der Waals surface area contributed by atoms with Crippen LogP contribution in [0.3, 0.4) is 0 Å². The van der Waals surface area contributed by atoms with E-state index in [2.05, 4.69) is 4.72 Å². The molecule has 1 unspecified atom stereocenters. The summed E-state index contributed by atoms with van der Waals surface area (Å²) in [7, 11) is -0.920. The molecule has 3 N–H and O–H groups in total. The average Bonchev–Trinajstić information content (AvgIpc) is 2.33. The predicted molar refractivity (Wildman–Crippen MR) is 79.4 cm³/mol. The van der Waals surface area contributed by atoms with Gasteiger partial charge in [0.05, 0.1) is 21.8 Å². The summed E-state index contributed by atoms with van der Waals surface area (Å²) in [4.78, 5) is 12.7. The molecule has 0 aliphatic heterocycles. The van der Waals surface area contributed by atoms with Gasteiger partial charge in [-0.15, -0.1) is 0 Å². The SMILES string of the molecule is CC(NS(=O)(=O)c1ccc(Cl)c(N)c1Cl)C(=O)N(C)C. The number of nitrogens with one attached hydrogen (secondary N) is 1. The maximum absolute atomic E-state index is 12.2. The van der Waals surface area contributed by atoms with Crippen LogP contribution in [0.5, 0.6) is 0 Å².